The van der Waals surface area contributed by atoms with Crippen LogP contribution in [0.3, 0.4) is 0 Å². The Morgan fingerprint density at radius 1 is 1.11 bits per heavy atom. The molecule has 0 unspecified atom stereocenters. The molecule has 1 heterocycles. The highest BCUT2D eigenvalue weighted by atomic mass is 32.1. The summed E-state index contributed by atoms with van der Waals surface area (Å²) >= 11 is 0. The van der Waals surface area contributed by atoms with Crippen molar-refractivity contribution in [1.29, 1.82) is 0 Å². The summed E-state index contributed by atoms with van der Waals surface area (Å²) in [5.41, 5.74) is 4.68. The average molecular weight is 388 g/mol. The van der Waals surface area contributed by atoms with Gasteiger partial charge in [0.15, 0.2) is 5.78 Å². The van der Waals surface area contributed by atoms with Crippen molar-refractivity contribution in [3.63, 3.8) is 0 Å². The molecular weight excluding hydrogens is 362 g/mol. The van der Waals surface area contributed by atoms with Gasteiger partial charge < -0.3 is 14.8 Å². The number of nitrogens with one attached hydrogen (secondary N) is 1. The number of hydrogen-bond donors (Lipinski definition) is 1. The van der Waals surface area contributed by atoms with Crippen molar-refractivity contribution in [2.45, 2.75) is 32.4 Å². The van der Waals surface area contributed by atoms with Crippen molar-refractivity contribution in [3.05, 3.63) is 59.7 Å². The first-order chi connectivity index (χ1) is 12.1. The van der Waals surface area contributed by atoms with Crippen LogP contribution in [0.25, 0.3) is 11.1 Å². The number of ketones is 1. The first-order valence-corrected chi connectivity index (χ1v) is 8.41. The molecular formula is C21H25NO4S. The van der Waals surface area contributed by atoms with Crippen molar-refractivity contribution < 1.29 is 19.1 Å². The number of hydrogen-bond acceptors (Lipinski definition) is 4. The van der Waals surface area contributed by atoms with Crippen molar-refractivity contribution in [2.75, 3.05) is 13.2 Å². The van der Waals surface area contributed by atoms with Gasteiger partial charge in [-0.2, -0.15) is 13.5 Å². The number of benzene rings is 2. The first kappa shape index (κ1) is 21.0. The van der Waals surface area contributed by atoms with Gasteiger partial charge in [-0.05, 0) is 29.2 Å². The van der Waals surface area contributed by atoms with Crippen LogP contribution >= 0.6 is 13.5 Å². The summed E-state index contributed by atoms with van der Waals surface area (Å²) in [5, 5.41) is 2.61. The van der Waals surface area contributed by atoms with E-state index in [2.05, 4.69) is 29.6 Å². The van der Waals surface area contributed by atoms with Crippen LogP contribution in [0.2, 0.25) is 0 Å². The fourth-order valence-corrected chi connectivity index (χ4v) is 3.63. The Hall–Kier alpha value is -2.31. The number of rotatable bonds is 3. The van der Waals surface area contributed by atoms with Crippen LogP contribution in [-0.2, 0) is 14.3 Å². The monoisotopic (exact) mass is 387 g/mol. The molecule has 2 aromatic rings. The smallest absolute Gasteiger partial charge is 0.407 e. The van der Waals surface area contributed by atoms with E-state index in [1.54, 1.807) is 6.92 Å². The van der Waals surface area contributed by atoms with Gasteiger partial charge in [-0.25, -0.2) is 4.79 Å². The fraction of sp³-hybridized carbons (Fsp3) is 0.333. The van der Waals surface area contributed by atoms with E-state index in [-0.39, 0.29) is 51.9 Å². The van der Waals surface area contributed by atoms with Gasteiger partial charge in [0.2, 0.25) is 0 Å². The number of ether oxygens (including phenoxy) is 2. The first-order valence-electron chi connectivity index (χ1n) is 8.41. The molecule has 2 aromatic carbocycles. The van der Waals surface area contributed by atoms with Crippen LogP contribution in [0, 0.1) is 0 Å². The van der Waals surface area contributed by atoms with Crippen molar-refractivity contribution in [2.24, 2.45) is 0 Å². The third kappa shape index (κ3) is 3.87. The molecule has 144 valence electrons. The normalized spacial score (nSPS) is 20.1. The average Bonchev–Trinajstić information content (AvgIpc) is 3.12. The molecule has 6 heteroatoms. The highest BCUT2D eigenvalue weighted by molar-refractivity contribution is 7.59. The summed E-state index contributed by atoms with van der Waals surface area (Å²) in [6.07, 6.45) is -0.912. The second-order valence-electron chi connectivity index (χ2n) is 6.43. The second-order valence-corrected chi connectivity index (χ2v) is 6.43. The Morgan fingerprint density at radius 2 is 1.67 bits per heavy atom. The third-order valence-electron chi connectivity index (χ3n) is 4.92. The van der Waals surface area contributed by atoms with Gasteiger partial charge in [-0.1, -0.05) is 56.0 Å². The Kier molecular flexibility index (Phi) is 6.68. The van der Waals surface area contributed by atoms with Gasteiger partial charge >= 0.3 is 6.09 Å². The molecule has 1 aliphatic heterocycles. The van der Waals surface area contributed by atoms with Crippen LogP contribution in [0.4, 0.5) is 4.79 Å². The van der Waals surface area contributed by atoms with E-state index in [9.17, 15) is 9.59 Å². The zero-order chi connectivity index (χ0) is 17.4. The summed E-state index contributed by atoms with van der Waals surface area (Å²) in [5.74, 6) is -0.118. The van der Waals surface area contributed by atoms with Gasteiger partial charge in [0.05, 0.1) is 6.10 Å². The summed E-state index contributed by atoms with van der Waals surface area (Å²) in [6.45, 7) is 2.03. The van der Waals surface area contributed by atoms with E-state index < -0.39 is 12.1 Å². The Morgan fingerprint density at radius 3 is 2.19 bits per heavy atom. The van der Waals surface area contributed by atoms with E-state index >= 15 is 0 Å². The Balaban J connectivity index is 0.00000131. The highest BCUT2D eigenvalue weighted by Gasteiger charge is 2.35. The molecule has 1 aliphatic carbocycles. The zero-order valence-electron chi connectivity index (χ0n) is 14.4. The van der Waals surface area contributed by atoms with Gasteiger partial charge in [-0.3, -0.25) is 4.79 Å². The minimum atomic E-state index is -0.629. The number of carbonyl (C=O) groups excluding carboxylic acids is 2. The van der Waals surface area contributed by atoms with Crippen LogP contribution in [0.1, 0.15) is 31.4 Å². The number of Topliss-reactive ketones (excluding diaryl/α,β-unsaturated/α-hetero) is 1. The summed E-state index contributed by atoms with van der Waals surface area (Å²) < 4.78 is 10.7. The van der Waals surface area contributed by atoms with Gasteiger partial charge in [-0.15, -0.1) is 0 Å². The minimum Gasteiger partial charge on any atom is -0.449 e. The molecule has 1 fully saturated rings. The van der Waals surface area contributed by atoms with Crippen LogP contribution < -0.4 is 5.32 Å². The van der Waals surface area contributed by atoms with E-state index in [1.807, 2.05) is 24.3 Å². The zero-order valence-corrected chi connectivity index (χ0v) is 15.4. The highest BCUT2D eigenvalue weighted by Crippen LogP contribution is 2.44. The molecule has 0 aromatic heterocycles. The maximum Gasteiger partial charge on any atom is 0.407 e. The van der Waals surface area contributed by atoms with Gasteiger partial charge in [0.1, 0.15) is 19.3 Å². The number of alkyl carbamates (subject to hydrolysis) is 1. The predicted octanol–water partition coefficient (Wildman–Crippen LogP) is 3.63. The molecule has 0 spiro atoms. The summed E-state index contributed by atoms with van der Waals surface area (Å²) in [7, 11) is 0. The van der Waals surface area contributed by atoms with Crippen molar-refractivity contribution in [1.82, 2.24) is 5.32 Å². The maximum atomic E-state index is 12.1. The number of amides is 1. The van der Waals surface area contributed by atoms with Gasteiger partial charge in [0.25, 0.3) is 0 Å². The topological polar surface area (TPSA) is 64.6 Å². The lowest BCUT2D eigenvalue weighted by Crippen LogP contribution is -2.44. The SMILES string of the molecule is C.C[C@@H]1OCC(=O)[C@@H]1NC(=O)OCC1c2ccccc2-c2ccccc21.S. The number of carbonyl (C=O) groups is 2. The number of fused-ring (bicyclic) bond motifs is 3. The maximum absolute atomic E-state index is 12.1. The molecule has 0 bridgehead atoms. The minimum absolute atomic E-state index is 0. The summed E-state index contributed by atoms with van der Waals surface area (Å²) in [6, 6.07) is 15.7. The Bertz CT molecular complexity index is 793. The van der Waals surface area contributed by atoms with E-state index in [4.69, 9.17) is 9.47 Å². The van der Waals surface area contributed by atoms with Crippen molar-refractivity contribution >= 4 is 25.4 Å². The van der Waals surface area contributed by atoms with Crippen LogP contribution in [0.5, 0.6) is 0 Å². The summed E-state index contributed by atoms with van der Waals surface area (Å²) in [4.78, 5) is 23.8. The van der Waals surface area contributed by atoms with E-state index in [1.165, 1.54) is 11.1 Å². The Labute approximate surface area is 166 Å². The van der Waals surface area contributed by atoms with Crippen LogP contribution in [0.15, 0.2) is 48.5 Å². The van der Waals surface area contributed by atoms with Crippen LogP contribution in [-0.4, -0.2) is 37.2 Å². The molecule has 27 heavy (non-hydrogen) atoms. The second kappa shape index (κ2) is 8.59. The molecule has 0 radical (unpaired) electrons. The molecule has 0 saturated carbocycles. The van der Waals surface area contributed by atoms with E-state index in [0.29, 0.717) is 0 Å². The molecule has 4 rings (SSSR count). The predicted molar refractivity (Wildman–Crippen MR) is 110 cm³/mol. The van der Waals surface area contributed by atoms with Crippen molar-refractivity contribution in [3.8, 4) is 11.1 Å². The lowest BCUT2D eigenvalue weighted by atomic mass is 9.98. The lowest BCUT2D eigenvalue weighted by Gasteiger charge is -2.17. The molecule has 1 N–H and O–H groups in total. The molecule has 1 saturated heterocycles. The standard InChI is InChI=1S/C20H19NO4.CH4.H2S/c1-12-19(18(22)11-24-12)21-20(23)25-10-17-15-8-4-2-6-13(15)14-7-3-5-9-16(14)17;;/h2-9,12,17,19H,10-11H2,1H3,(H,21,23);1H4;1H2/t12-,19+;;/m0../s1. The molecule has 1 amide bonds. The molecule has 2 aliphatic rings. The fourth-order valence-electron chi connectivity index (χ4n) is 3.63. The van der Waals surface area contributed by atoms with Gasteiger partial charge in [0, 0.05) is 5.92 Å². The molecule has 2 atom stereocenters. The third-order valence-corrected chi connectivity index (χ3v) is 4.92. The quantitative estimate of drug-likeness (QED) is 0.873. The lowest BCUT2D eigenvalue weighted by molar-refractivity contribution is -0.119. The largest absolute Gasteiger partial charge is 0.449 e. The van der Waals surface area contributed by atoms with E-state index in [0.717, 1.165) is 11.1 Å². The molecule has 5 nitrogen and oxygen atoms in total.